The molecule has 4 rings (SSSR count). The molecule has 0 spiro atoms. The van der Waals surface area contributed by atoms with Crippen LogP contribution in [0.15, 0.2) is 0 Å². The highest BCUT2D eigenvalue weighted by Gasteiger charge is 2.44. The first-order valence-corrected chi connectivity index (χ1v) is 17.2. The molecule has 0 bridgehead atoms. The molecular formula is C34H55N3O12. The van der Waals surface area contributed by atoms with Gasteiger partial charge in [-0.15, -0.1) is 0 Å². The summed E-state index contributed by atoms with van der Waals surface area (Å²) in [5.74, 6) is -2.20. The number of hydrogen-bond donors (Lipinski definition) is 2. The monoisotopic (exact) mass is 697 g/mol. The van der Waals surface area contributed by atoms with Crippen molar-refractivity contribution in [3.63, 3.8) is 0 Å². The molecular weight excluding hydrogens is 642 g/mol. The molecule has 0 aromatic rings. The van der Waals surface area contributed by atoms with Crippen LogP contribution in [0.2, 0.25) is 0 Å². The first-order valence-electron chi connectivity index (χ1n) is 17.2. The number of carbonyl (C=O) groups excluding carboxylic acids is 5. The maximum atomic E-state index is 12.7. The van der Waals surface area contributed by atoms with Crippen molar-refractivity contribution in [1.82, 2.24) is 15.1 Å². The molecule has 2 saturated heterocycles. The molecule has 4 atom stereocenters. The number of carbonyl (C=O) groups is 6. The third-order valence-electron chi connectivity index (χ3n) is 8.54. The number of Topliss-reactive ketones (excluding diaryl/α,β-unsaturated/α-hetero) is 1. The fraction of sp³-hybridized carbons (Fsp3) is 0.824. The molecule has 0 radical (unpaired) electrons. The molecule has 15 nitrogen and oxygen atoms in total. The Morgan fingerprint density at radius 1 is 0.694 bits per heavy atom. The maximum absolute atomic E-state index is 12.7. The predicted octanol–water partition coefficient (Wildman–Crippen LogP) is 3.59. The minimum Gasteiger partial charge on any atom is -0.480 e. The zero-order valence-electron chi connectivity index (χ0n) is 30.0. The van der Waals surface area contributed by atoms with Gasteiger partial charge >= 0.3 is 24.1 Å². The topological polar surface area (TPSA) is 187 Å². The second kappa shape index (κ2) is 17.5. The number of nitrogens with one attached hydrogen (secondary N) is 1. The van der Waals surface area contributed by atoms with Crippen LogP contribution in [0.4, 0.5) is 9.59 Å². The van der Waals surface area contributed by atoms with Crippen molar-refractivity contribution >= 4 is 35.8 Å². The maximum Gasteiger partial charge on any atom is 0.411 e. The van der Waals surface area contributed by atoms with E-state index in [4.69, 9.17) is 18.9 Å². The lowest BCUT2D eigenvalue weighted by Gasteiger charge is -2.29. The van der Waals surface area contributed by atoms with Crippen LogP contribution in [-0.2, 0) is 42.9 Å². The van der Waals surface area contributed by atoms with Crippen LogP contribution < -0.4 is 5.32 Å². The summed E-state index contributed by atoms with van der Waals surface area (Å²) >= 11 is 0. The number of aliphatic carboxylic acids is 1. The van der Waals surface area contributed by atoms with E-state index in [0.29, 0.717) is 19.4 Å². The normalized spacial score (nSPS) is 24.1. The lowest BCUT2D eigenvalue weighted by Crippen LogP contribution is -2.48. The zero-order valence-corrected chi connectivity index (χ0v) is 30.0. The minimum atomic E-state index is -1.00. The van der Waals surface area contributed by atoms with E-state index in [-0.39, 0.29) is 56.1 Å². The predicted molar refractivity (Wildman–Crippen MR) is 175 cm³/mol. The van der Waals surface area contributed by atoms with Crippen LogP contribution in [0.1, 0.15) is 106 Å². The molecule has 0 unspecified atom stereocenters. The van der Waals surface area contributed by atoms with Gasteiger partial charge in [0.1, 0.15) is 23.3 Å². The number of carboxylic acids is 1. The Hall–Kier alpha value is -3.46. The van der Waals surface area contributed by atoms with Crippen molar-refractivity contribution in [2.75, 3.05) is 26.7 Å². The fourth-order valence-corrected chi connectivity index (χ4v) is 5.61. The van der Waals surface area contributed by atoms with Crippen molar-refractivity contribution in [1.29, 1.82) is 0 Å². The van der Waals surface area contributed by atoms with Crippen LogP contribution in [0.3, 0.4) is 0 Å². The number of ketones is 1. The van der Waals surface area contributed by atoms with E-state index < -0.39 is 53.3 Å². The van der Waals surface area contributed by atoms with Gasteiger partial charge in [-0.25, -0.2) is 14.4 Å². The Kier molecular flexibility index (Phi) is 14.2. The van der Waals surface area contributed by atoms with Gasteiger partial charge in [0.25, 0.3) is 0 Å². The largest absolute Gasteiger partial charge is 0.480 e. The molecule has 0 aromatic heterocycles. The third kappa shape index (κ3) is 13.1. The zero-order chi connectivity index (χ0) is 36.5. The van der Waals surface area contributed by atoms with Gasteiger partial charge < -0.3 is 34.1 Å². The molecule has 2 N–H and O–H groups in total. The van der Waals surface area contributed by atoms with Gasteiger partial charge in [-0.05, 0) is 80.1 Å². The van der Waals surface area contributed by atoms with Crippen LogP contribution in [0.25, 0.3) is 0 Å². The molecule has 0 aromatic carbocycles. The van der Waals surface area contributed by atoms with Crippen LogP contribution in [0.5, 0.6) is 0 Å². The Balaban J connectivity index is 0.000000284. The smallest absolute Gasteiger partial charge is 0.411 e. The Morgan fingerprint density at radius 3 is 1.53 bits per heavy atom. The summed E-state index contributed by atoms with van der Waals surface area (Å²) in [5, 5.41) is 11.8. The second-order valence-electron chi connectivity index (χ2n) is 15.1. The van der Waals surface area contributed by atoms with Crippen molar-refractivity contribution in [3.05, 3.63) is 0 Å². The average molecular weight is 698 g/mol. The summed E-state index contributed by atoms with van der Waals surface area (Å²) in [6, 6.07) is -1.61. The van der Waals surface area contributed by atoms with Crippen molar-refractivity contribution < 1.29 is 57.6 Å². The third-order valence-corrected chi connectivity index (χ3v) is 8.54. The fourth-order valence-electron chi connectivity index (χ4n) is 5.61. The SMILES string of the molecule is CC(C)(C)OC(=O)N1C[C@@H](OC2CCC2)C[C@H]1C(=O)O.COC(=O)CCC(=O)CNC(=O)[C@@H]1C[C@H](OC2CCC2)CN1C(=O)OC(C)(C)C. The number of esters is 1. The number of carboxylic acid groups (broad SMARTS) is 1. The number of ether oxygens (including phenoxy) is 5. The van der Waals surface area contributed by atoms with Gasteiger partial charge in [0.2, 0.25) is 5.91 Å². The van der Waals surface area contributed by atoms with Crippen LogP contribution in [0, 0.1) is 0 Å². The second-order valence-corrected chi connectivity index (χ2v) is 15.1. The molecule has 2 aliphatic carbocycles. The van der Waals surface area contributed by atoms with Gasteiger partial charge in [0, 0.05) is 19.3 Å². The van der Waals surface area contributed by atoms with E-state index in [1.54, 1.807) is 41.5 Å². The van der Waals surface area contributed by atoms with Gasteiger partial charge in [-0.3, -0.25) is 24.2 Å². The molecule has 4 aliphatic rings. The summed E-state index contributed by atoms with van der Waals surface area (Å²) in [5.41, 5.74) is -1.32. The van der Waals surface area contributed by atoms with E-state index in [1.807, 2.05) is 0 Å². The Bertz CT molecular complexity index is 1190. The number of hydrogen-bond acceptors (Lipinski definition) is 11. The Morgan fingerprint density at radius 2 is 1.14 bits per heavy atom. The molecule has 2 heterocycles. The molecule has 49 heavy (non-hydrogen) atoms. The highest BCUT2D eigenvalue weighted by atomic mass is 16.6. The minimum absolute atomic E-state index is 0.0131. The highest BCUT2D eigenvalue weighted by molar-refractivity contribution is 5.91. The van der Waals surface area contributed by atoms with Crippen molar-refractivity contribution in [3.8, 4) is 0 Å². The van der Waals surface area contributed by atoms with Gasteiger partial charge in [0.05, 0.1) is 57.6 Å². The van der Waals surface area contributed by atoms with Gasteiger partial charge in [-0.2, -0.15) is 0 Å². The first kappa shape index (κ1) is 40.0. The molecule has 2 saturated carbocycles. The van der Waals surface area contributed by atoms with Gasteiger partial charge in [-0.1, -0.05) is 0 Å². The lowest BCUT2D eigenvalue weighted by atomic mass is 9.96. The number of amides is 3. The number of methoxy groups -OCH3 is 1. The molecule has 278 valence electrons. The van der Waals surface area contributed by atoms with E-state index in [1.165, 1.54) is 16.9 Å². The van der Waals surface area contributed by atoms with E-state index in [2.05, 4.69) is 10.1 Å². The molecule has 4 fully saturated rings. The summed E-state index contributed by atoms with van der Waals surface area (Å²) in [7, 11) is 1.25. The van der Waals surface area contributed by atoms with Crippen LogP contribution >= 0.6 is 0 Å². The summed E-state index contributed by atoms with van der Waals surface area (Å²) in [6.45, 7) is 10.9. The van der Waals surface area contributed by atoms with E-state index >= 15 is 0 Å². The summed E-state index contributed by atoms with van der Waals surface area (Å²) < 4.78 is 27.0. The van der Waals surface area contributed by atoms with Gasteiger partial charge in [0.15, 0.2) is 5.78 Å². The van der Waals surface area contributed by atoms with Crippen molar-refractivity contribution in [2.24, 2.45) is 0 Å². The van der Waals surface area contributed by atoms with Crippen molar-refractivity contribution in [2.45, 2.75) is 153 Å². The average Bonchev–Trinajstić information content (AvgIpc) is 3.58. The molecule has 2 aliphatic heterocycles. The van der Waals surface area contributed by atoms with Crippen LogP contribution in [-0.4, -0.2) is 125 Å². The number of nitrogens with zero attached hydrogens (tertiary/aromatic N) is 2. The number of likely N-dealkylation sites (tertiary alicyclic amines) is 2. The quantitative estimate of drug-likeness (QED) is 0.236. The number of rotatable bonds is 11. The first-order chi connectivity index (χ1) is 22.8. The summed E-state index contributed by atoms with van der Waals surface area (Å²) in [6.07, 6.45) is 5.81. The summed E-state index contributed by atoms with van der Waals surface area (Å²) in [4.78, 5) is 74.3. The van der Waals surface area contributed by atoms with E-state index in [0.717, 1.165) is 38.5 Å². The lowest BCUT2D eigenvalue weighted by molar-refractivity contribution is -0.142. The Labute approximate surface area is 288 Å². The van der Waals surface area contributed by atoms with E-state index in [9.17, 15) is 33.9 Å². The molecule has 3 amide bonds. The highest BCUT2D eigenvalue weighted by Crippen LogP contribution is 2.31. The standard InChI is InChI=1S/C20H32N2O7.C14H23NO5/c1-20(2,3)29-19(26)22-12-15(28-14-6-5-7-14)10-16(22)18(25)21-11-13(23)8-9-17(24)27-4;1-14(2,3)20-13(18)15-8-10(7-11(15)12(16)17)19-9-5-4-6-9/h14-16H,5-12H2,1-4H3,(H,21,25);9-11H,4-8H2,1-3H3,(H,16,17)/t15-,16-;10-,11-/m00/s1. The molecule has 15 heteroatoms.